The van der Waals surface area contributed by atoms with E-state index in [0.29, 0.717) is 44.5 Å². The lowest BCUT2D eigenvalue weighted by atomic mass is 9.50. The Morgan fingerprint density at radius 1 is 1.23 bits per heavy atom. The fourth-order valence-corrected chi connectivity index (χ4v) is 5.49. The number of benzene rings is 1. The van der Waals surface area contributed by atoms with E-state index in [4.69, 9.17) is 9.47 Å². The fraction of sp³-hybridized carbons (Fsp3) is 0.600. The second-order valence-electron chi connectivity index (χ2n) is 7.72. The Balaban J connectivity index is 1.83. The predicted octanol–water partition coefficient (Wildman–Crippen LogP) is 2.92. The van der Waals surface area contributed by atoms with Crippen LogP contribution < -0.4 is 0 Å². The van der Waals surface area contributed by atoms with Crippen LogP contribution >= 0.6 is 0 Å². The first-order valence-corrected chi connectivity index (χ1v) is 9.22. The van der Waals surface area contributed by atoms with Crippen LogP contribution in [-0.2, 0) is 24.5 Å². The fourth-order valence-electron chi connectivity index (χ4n) is 5.49. The molecule has 1 heterocycles. The van der Waals surface area contributed by atoms with E-state index in [1.807, 2.05) is 6.92 Å². The maximum absolute atomic E-state index is 14.0. The van der Waals surface area contributed by atoms with Crippen molar-refractivity contribution in [3.05, 3.63) is 35.6 Å². The summed E-state index contributed by atoms with van der Waals surface area (Å²) in [4.78, 5) is 25.1. The van der Waals surface area contributed by atoms with Gasteiger partial charge in [-0.1, -0.05) is 19.1 Å². The number of ketones is 1. The SMILES string of the molecule is C[C@H]1[C@@H]2CCC(C(=O)O)C(=O)[C@@]2(c2cccc(F)c2)CCC12OCCO2. The number of hydrogen-bond acceptors (Lipinski definition) is 4. The molecule has 0 aromatic heterocycles. The molecule has 4 rings (SSSR count). The summed E-state index contributed by atoms with van der Waals surface area (Å²) in [5.74, 6) is -3.78. The topological polar surface area (TPSA) is 72.8 Å². The zero-order valence-electron chi connectivity index (χ0n) is 14.7. The van der Waals surface area contributed by atoms with E-state index in [1.165, 1.54) is 12.1 Å². The number of Topliss-reactive ketones (excluding diaryl/α,β-unsaturated/α-hetero) is 1. The van der Waals surface area contributed by atoms with Crippen LogP contribution in [0.15, 0.2) is 24.3 Å². The van der Waals surface area contributed by atoms with Gasteiger partial charge < -0.3 is 14.6 Å². The lowest BCUT2D eigenvalue weighted by Gasteiger charge is -2.55. The van der Waals surface area contributed by atoms with E-state index in [2.05, 4.69) is 0 Å². The highest BCUT2D eigenvalue weighted by Gasteiger charge is 2.63. The predicted molar refractivity (Wildman–Crippen MR) is 90.0 cm³/mol. The van der Waals surface area contributed by atoms with Gasteiger partial charge in [0, 0.05) is 12.3 Å². The molecule has 1 unspecified atom stereocenters. The number of fused-ring (bicyclic) bond motifs is 1. The van der Waals surface area contributed by atoms with Crippen LogP contribution in [0.4, 0.5) is 4.39 Å². The van der Waals surface area contributed by atoms with E-state index in [-0.39, 0.29) is 17.6 Å². The third-order valence-corrected chi connectivity index (χ3v) is 6.73. The Kier molecular flexibility index (Phi) is 4.15. The Labute approximate surface area is 151 Å². The molecular formula is C20H23FO5. The summed E-state index contributed by atoms with van der Waals surface area (Å²) in [5.41, 5.74) is -0.415. The third-order valence-electron chi connectivity index (χ3n) is 6.73. The minimum absolute atomic E-state index is 0.0827. The number of rotatable bonds is 2. The summed E-state index contributed by atoms with van der Waals surface area (Å²) in [6, 6.07) is 6.06. The summed E-state index contributed by atoms with van der Waals surface area (Å²) in [6.07, 6.45) is 1.79. The van der Waals surface area contributed by atoms with Gasteiger partial charge in [-0.2, -0.15) is 0 Å². The van der Waals surface area contributed by atoms with Gasteiger partial charge in [0.2, 0.25) is 0 Å². The highest BCUT2D eigenvalue weighted by Crippen LogP contribution is 2.58. The summed E-state index contributed by atoms with van der Waals surface area (Å²) in [7, 11) is 0. The number of carbonyl (C=O) groups is 2. The van der Waals surface area contributed by atoms with Crippen LogP contribution in [0.2, 0.25) is 0 Å². The quantitative estimate of drug-likeness (QED) is 0.819. The monoisotopic (exact) mass is 362 g/mol. The standard InChI is InChI=1S/C20H23FO5/c1-12-16-6-5-15(18(23)24)17(22)19(16,13-3-2-4-14(21)11-13)7-8-20(12)25-9-10-26-20/h2-4,11-12,15-16H,5-10H2,1H3,(H,23,24)/t12-,15?,16-,19+/m0/s1. The third kappa shape index (κ3) is 2.35. The number of aliphatic carboxylic acids is 1. The average molecular weight is 362 g/mol. The summed E-state index contributed by atoms with van der Waals surface area (Å²) < 4.78 is 25.8. The molecule has 26 heavy (non-hydrogen) atoms. The van der Waals surface area contributed by atoms with E-state index < -0.39 is 28.9 Å². The van der Waals surface area contributed by atoms with Gasteiger partial charge in [0.25, 0.3) is 0 Å². The first-order chi connectivity index (χ1) is 12.4. The molecule has 0 radical (unpaired) electrons. The highest BCUT2D eigenvalue weighted by atomic mass is 19.1. The molecule has 2 saturated carbocycles. The van der Waals surface area contributed by atoms with Crippen LogP contribution in [0.5, 0.6) is 0 Å². The van der Waals surface area contributed by atoms with Crippen LogP contribution in [0.3, 0.4) is 0 Å². The van der Waals surface area contributed by atoms with Crippen molar-refractivity contribution in [3.63, 3.8) is 0 Å². The van der Waals surface area contributed by atoms with Gasteiger partial charge >= 0.3 is 5.97 Å². The number of hydrogen-bond donors (Lipinski definition) is 1. The molecule has 5 nitrogen and oxygen atoms in total. The Morgan fingerprint density at radius 3 is 2.62 bits per heavy atom. The van der Waals surface area contributed by atoms with Crippen molar-refractivity contribution in [1.29, 1.82) is 0 Å². The van der Waals surface area contributed by atoms with Crippen molar-refractivity contribution in [3.8, 4) is 0 Å². The largest absolute Gasteiger partial charge is 0.481 e. The van der Waals surface area contributed by atoms with Crippen LogP contribution in [-0.4, -0.2) is 35.9 Å². The number of carbonyl (C=O) groups excluding carboxylic acids is 1. The molecule has 1 saturated heterocycles. The Hall–Kier alpha value is -1.79. The van der Waals surface area contributed by atoms with Crippen molar-refractivity contribution in [2.45, 2.75) is 43.8 Å². The Morgan fingerprint density at radius 2 is 1.96 bits per heavy atom. The van der Waals surface area contributed by atoms with Crippen LogP contribution in [0, 0.1) is 23.6 Å². The molecule has 1 aromatic carbocycles. The number of ether oxygens (including phenoxy) is 2. The smallest absolute Gasteiger partial charge is 0.314 e. The first kappa shape index (κ1) is 17.6. The van der Waals surface area contributed by atoms with Gasteiger partial charge in [0.15, 0.2) is 11.6 Å². The number of carboxylic acids is 1. The molecule has 1 spiro atoms. The minimum atomic E-state index is -1.09. The summed E-state index contributed by atoms with van der Waals surface area (Å²) in [6.45, 7) is 3.06. The van der Waals surface area contributed by atoms with Crippen molar-refractivity contribution in [2.75, 3.05) is 13.2 Å². The number of halogens is 1. The lowest BCUT2D eigenvalue weighted by Crippen LogP contribution is -2.61. The molecule has 140 valence electrons. The lowest BCUT2D eigenvalue weighted by molar-refractivity contribution is -0.236. The minimum Gasteiger partial charge on any atom is -0.481 e. The zero-order valence-corrected chi connectivity index (χ0v) is 14.7. The van der Waals surface area contributed by atoms with Crippen LogP contribution in [0.25, 0.3) is 0 Å². The summed E-state index contributed by atoms with van der Waals surface area (Å²) >= 11 is 0. The normalized spacial score (nSPS) is 36.1. The number of carboxylic acid groups (broad SMARTS) is 1. The van der Waals surface area contributed by atoms with Crippen molar-refractivity contribution >= 4 is 11.8 Å². The molecule has 1 aromatic rings. The van der Waals surface area contributed by atoms with Crippen molar-refractivity contribution in [1.82, 2.24) is 0 Å². The molecule has 3 fully saturated rings. The Bertz CT molecular complexity index is 741. The zero-order chi connectivity index (χ0) is 18.5. The molecule has 1 N–H and O–H groups in total. The molecular weight excluding hydrogens is 339 g/mol. The second-order valence-corrected chi connectivity index (χ2v) is 7.72. The van der Waals surface area contributed by atoms with Crippen molar-refractivity contribution < 1.29 is 28.6 Å². The van der Waals surface area contributed by atoms with Gasteiger partial charge in [-0.25, -0.2) is 4.39 Å². The first-order valence-electron chi connectivity index (χ1n) is 9.22. The van der Waals surface area contributed by atoms with Crippen molar-refractivity contribution in [2.24, 2.45) is 17.8 Å². The van der Waals surface area contributed by atoms with Crippen LogP contribution in [0.1, 0.15) is 38.2 Å². The molecule has 3 aliphatic rings. The average Bonchev–Trinajstić information content (AvgIpc) is 3.08. The molecule has 6 heteroatoms. The van der Waals surface area contributed by atoms with E-state index in [1.54, 1.807) is 12.1 Å². The maximum atomic E-state index is 14.0. The molecule has 4 atom stereocenters. The molecule has 1 aliphatic heterocycles. The maximum Gasteiger partial charge on any atom is 0.314 e. The van der Waals surface area contributed by atoms with E-state index >= 15 is 0 Å². The van der Waals surface area contributed by atoms with Gasteiger partial charge in [-0.3, -0.25) is 9.59 Å². The van der Waals surface area contributed by atoms with Gasteiger partial charge in [0.1, 0.15) is 11.7 Å². The van der Waals surface area contributed by atoms with Gasteiger partial charge in [-0.05, 0) is 42.9 Å². The molecule has 2 aliphatic carbocycles. The van der Waals surface area contributed by atoms with E-state index in [9.17, 15) is 19.1 Å². The molecule has 0 bridgehead atoms. The summed E-state index contributed by atoms with van der Waals surface area (Å²) in [5, 5.41) is 9.54. The second kappa shape index (κ2) is 6.13. The van der Waals surface area contributed by atoms with Gasteiger partial charge in [0.05, 0.1) is 18.6 Å². The highest BCUT2D eigenvalue weighted by molar-refractivity contribution is 6.05. The van der Waals surface area contributed by atoms with Gasteiger partial charge in [-0.15, -0.1) is 0 Å². The molecule has 0 amide bonds. The van der Waals surface area contributed by atoms with E-state index in [0.717, 1.165) is 0 Å².